The number of H-pyrrole nitrogens is 2. The van der Waals surface area contributed by atoms with Crippen LogP contribution in [0.4, 0.5) is 0 Å². The highest BCUT2D eigenvalue weighted by Gasteiger charge is 2.53. The zero-order valence-electron chi connectivity index (χ0n) is 20.8. The maximum atomic E-state index is 4.03. The van der Waals surface area contributed by atoms with Gasteiger partial charge in [-0.25, -0.2) is 0 Å². The first kappa shape index (κ1) is 19.8. The van der Waals surface area contributed by atoms with E-state index in [1.54, 1.807) is 11.4 Å². The normalized spacial score (nSPS) is 45.3. The molecule has 0 amide bonds. The van der Waals surface area contributed by atoms with Gasteiger partial charge in [0.05, 0.1) is 0 Å². The number of aromatic amines is 2. The molecule has 2 N–H and O–H groups in total. The van der Waals surface area contributed by atoms with Gasteiger partial charge in [0.25, 0.3) is 0 Å². The minimum Gasteiger partial charge on any atom is -0.361 e. The molecule has 10 rings (SSSR count). The van der Waals surface area contributed by atoms with Crippen LogP contribution in [0.1, 0.15) is 114 Å². The average molecular weight is 443 g/mol. The molecule has 0 spiro atoms. The third-order valence-corrected chi connectivity index (χ3v) is 11.9. The fourth-order valence-electron chi connectivity index (χ4n) is 11.2. The Morgan fingerprint density at radius 2 is 0.848 bits per heavy atom. The molecule has 8 saturated carbocycles. The van der Waals surface area contributed by atoms with Crippen molar-refractivity contribution in [2.75, 3.05) is 0 Å². The molecule has 2 heteroatoms. The van der Waals surface area contributed by atoms with E-state index in [1.165, 1.54) is 88.4 Å². The molecule has 2 nitrogen and oxygen atoms in total. The van der Waals surface area contributed by atoms with Gasteiger partial charge in [-0.2, -0.15) is 0 Å². The Balaban J connectivity index is 1.10. The Morgan fingerprint density at radius 3 is 1.15 bits per heavy atom. The van der Waals surface area contributed by atoms with E-state index in [1.807, 2.05) is 0 Å². The summed E-state index contributed by atoms with van der Waals surface area (Å²) in [7, 11) is 0. The quantitative estimate of drug-likeness (QED) is 0.488. The van der Waals surface area contributed by atoms with Crippen molar-refractivity contribution in [2.24, 2.45) is 35.5 Å². The predicted octanol–water partition coefficient (Wildman–Crippen LogP) is 7.60. The van der Waals surface area contributed by atoms with E-state index in [2.05, 4.69) is 48.1 Å². The molecular weight excluding hydrogens is 400 g/mol. The molecule has 2 aromatic rings. The number of hydrogen-bond donors (Lipinski definition) is 2. The molecule has 0 radical (unpaired) electrons. The third-order valence-electron chi connectivity index (χ3n) is 11.9. The summed E-state index contributed by atoms with van der Waals surface area (Å²) in [4.78, 5) is 8.07. The summed E-state index contributed by atoms with van der Waals surface area (Å²) in [6.45, 7) is 4.86. The van der Waals surface area contributed by atoms with E-state index < -0.39 is 0 Å². The summed E-state index contributed by atoms with van der Waals surface area (Å²) in [5.41, 5.74) is 6.88. The summed E-state index contributed by atoms with van der Waals surface area (Å²) in [6, 6.07) is 9.82. The first-order chi connectivity index (χ1) is 15.9. The monoisotopic (exact) mass is 442 g/mol. The zero-order valence-corrected chi connectivity index (χ0v) is 20.8. The number of hydrogen-bond acceptors (Lipinski definition) is 0. The molecule has 0 unspecified atom stereocenters. The van der Waals surface area contributed by atoms with Crippen molar-refractivity contribution in [3.63, 3.8) is 0 Å². The highest BCUT2D eigenvalue weighted by atomic mass is 14.8. The van der Waals surface area contributed by atoms with Gasteiger partial charge in [-0.3, -0.25) is 0 Å². The van der Waals surface area contributed by atoms with Crippen molar-refractivity contribution in [3.05, 3.63) is 47.0 Å². The Kier molecular flexibility index (Phi) is 3.85. The lowest BCUT2D eigenvalue weighted by molar-refractivity contribution is -0.00705. The van der Waals surface area contributed by atoms with Gasteiger partial charge in [0, 0.05) is 39.0 Å². The fourth-order valence-corrected chi connectivity index (χ4v) is 11.2. The topological polar surface area (TPSA) is 31.6 Å². The predicted molar refractivity (Wildman–Crippen MR) is 133 cm³/mol. The van der Waals surface area contributed by atoms with E-state index in [4.69, 9.17) is 0 Å². The zero-order chi connectivity index (χ0) is 22.0. The van der Waals surface area contributed by atoms with E-state index in [0.29, 0.717) is 10.8 Å². The molecule has 0 atom stereocenters. The first-order valence-corrected chi connectivity index (χ1v) is 14.3. The SMILES string of the molecule is CC(C)(c1ccc(C23CC4CC(CC(C4)C2)C3)[nH]1)c1ccc(C23CC4CC(CC(C4)C2)C3)[nH]1. The van der Waals surface area contributed by atoms with Gasteiger partial charge in [-0.15, -0.1) is 0 Å². The highest BCUT2D eigenvalue weighted by molar-refractivity contribution is 5.37. The van der Waals surface area contributed by atoms with E-state index in [-0.39, 0.29) is 5.41 Å². The molecule has 0 aliphatic heterocycles. The van der Waals surface area contributed by atoms with Crippen molar-refractivity contribution in [2.45, 2.75) is 107 Å². The Labute approximate surface area is 199 Å². The summed E-state index contributed by atoms with van der Waals surface area (Å²) < 4.78 is 0. The molecule has 2 heterocycles. The Hall–Kier alpha value is -1.44. The highest BCUT2D eigenvalue weighted by Crippen LogP contribution is 2.62. The van der Waals surface area contributed by atoms with E-state index in [0.717, 1.165) is 35.5 Å². The minimum absolute atomic E-state index is 0.00108. The van der Waals surface area contributed by atoms with Crippen LogP contribution in [0, 0.1) is 35.5 Å². The van der Waals surface area contributed by atoms with Crippen LogP contribution in [0.5, 0.6) is 0 Å². The smallest absolute Gasteiger partial charge is 0.0447 e. The summed E-state index contributed by atoms with van der Waals surface area (Å²) in [5, 5.41) is 0. The van der Waals surface area contributed by atoms with Crippen LogP contribution in [0.2, 0.25) is 0 Å². The van der Waals surface area contributed by atoms with Crippen molar-refractivity contribution in [1.82, 2.24) is 9.97 Å². The molecule has 8 aliphatic rings. The van der Waals surface area contributed by atoms with Crippen molar-refractivity contribution in [1.29, 1.82) is 0 Å². The van der Waals surface area contributed by atoms with Crippen LogP contribution in [-0.4, -0.2) is 9.97 Å². The van der Waals surface area contributed by atoms with Crippen LogP contribution in [0.25, 0.3) is 0 Å². The van der Waals surface area contributed by atoms with Gasteiger partial charge in [-0.1, -0.05) is 0 Å². The molecule has 0 aromatic carbocycles. The molecule has 8 aliphatic carbocycles. The second-order valence-electron chi connectivity index (χ2n) is 14.6. The van der Waals surface area contributed by atoms with Crippen LogP contribution in [0.15, 0.2) is 24.3 Å². The lowest BCUT2D eigenvalue weighted by Gasteiger charge is -2.56. The van der Waals surface area contributed by atoms with Crippen molar-refractivity contribution in [3.8, 4) is 0 Å². The van der Waals surface area contributed by atoms with Gasteiger partial charge >= 0.3 is 0 Å². The Bertz CT molecular complexity index is 925. The number of rotatable bonds is 4. The van der Waals surface area contributed by atoms with Crippen LogP contribution in [0.3, 0.4) is 0 Å². The fraction of sp³-hybridized carbons (Fsp3) is 0.742. The molecular formula is C31H42N2. The van der Waals surface area contributed by atoms with Crippen molar-refractivity contribution >= 4 is 0 Å². The van der Waals surface area contributed by atoms with Gasteiger partial charge in [-0.05, 0) is 151 Å². The molecule has 2 aromatic heterocycles. The van der Waals surface area contributed by atoms with E-state index in [9.17, 15) is 0 Å². The maximum Gasteiger partial charge on any atom is 0.0447 e. The standard InChI is InChI=1S/C31H42N2/c1-29(2,25-3-5-27(32-25)30-13-19-7-20(14-30)9-21(8-19)15-30)26-4-6-28(33-26)31-16-22-10-23(17-31)12-24(11-22)18-31/h3-6,19-24,32-33H,7-18H2,1-2H3. The van der Waals surface area contributed by atoms with Gasteiger partial charge in [0.1, 0.15) is 0 Å². The van der Waals surface area contributed by atoms with E-state index >= 15 is 0 Å². The van der Waals surface area contributed by atoms with Gasteiger partial charge < -0.3 is 9.97 Å². The first-order valence-electron chi connectivity index (χ1n) is 14.3. The van der Waals surface area contributed by atoms with Gasteiger partial charge in [0.15, 0.2) is 0 Å². The largest absolute Gasteiger partial charge is 0.361 e. The van der Waals surface area contributed by atoms with Gasteiger partial charge in [0.2, 0.25) is 0 Å². The summed E-state index contributed by atoms with van der Waals surface area (Å²) in [6.07, 6.45) is 17.8. The van der Waals surface area contributed by atoms with Crippen molar-refractivity contribution < 1.29 is 0 Å². The average Bonchev–Trinajstić information content (AvgIpc) is 3.44. The third kappa shape index (κ3) is 2.79. The summed E-state index contributed by atoms with van der Waals surface area (Å²) >= 11 is 0. The lowest BCUT2D eigenvalue weighted by Crippen LogP contribution is -2.48. The molecule has 8 fully saturated rings. The number of aromatic nitrogens is 2. The Morgan fingerprint density at radius 1 is 0.545 bits per heavy atom. The summed E-state index contributed by atoms with van der Waals surface area (Å²) in [5.74, 6) is 6.01. The van der Waals surface area contributed by atoms with Crippen LogP contribution >= 0.6 is 0 Å². The maximum absolute atomic E-state index is 4.03. The van der Waals surface area contributed by atoms with Crippen LogP contribution in [-0.2, 0) is 16.2 Å². The molecule has 176 valence electrons. The molecule has 33 heavy (non-hydrogen) atoms. The van der Waals surface area contributed by atoms with Crippen LogP contribution < -0.4 is 0 Å². The molecule has 0 saturated heterocycles. The second-order valence-corrected chi connectivity index (χ2v) is 14.6. The minimum atomic E-state index is 0.00108. The lowest BCUT2D eigenvalue weighted by atomic mass is 9.49. The molecule has 8 bridgehead atoms. The second kappa shape index (κ2) is 6.41. The number of nitrogens with one attached hydrogen (secondary N) is 2.